The van der Waals surface area contributed by atoms with Crippen LogP contribution in [0.2, 0.25) is 0 Å². The Bertz CT molecular complexity index is 408. The van der Waals surface area contributed by atoms with Crippen molar-refractivity contribution in [2.75, 3.05) is 18.0 Å². The van der Waals surface area contributed by atoms with Gasteiger partial charge in [-0.25, -0.2) is 0 Å². The van der Waals surface area contributed by atoms with Crippen LogP contribution in [0, 0.1) is 11.3 Å². The summed E-state index contributed by atoms with van der Waals surface area (Å²) in [5, 5.41) is 0. The van der Waals surface area contributed by atoms with E-state index in [0.29, 0.717) is 5.41 Å². The predicted molar refractivity (Wildman–Crippen MR) is 88.1 cm³/mol. The summed E-state index contributed by atoms with van der Waals surface area (Å²) < 4.78 is 0. The number of nitrogens with two attached hydrogens (primary N) is 1. The fourth-order valence-electron chi connectivity index (χ4n) is 3.17. The standard InChI is InChI=1S/C18H30N2/c1-5-17(19)14-6-8-16(9-7-14)20-12-10-15(11-13-20)18(2,3)4/h6-9,15,17H,5,10-13,19H2,1-4H3/t17-/m1/s1. The Morgan fingerprint density at radius 2 is 1.70 bits per heavy atom. The van der Waals surface area contributed by atoms with Crippen LogP contribution in [-0.2, 0) is 0 Å². The topological polar surface area (TPSA) is 29.3 Å². The number of nitrogens with zero attached hydrogens (tertiary/aromatic N) is 1. The molecule has 2 heteroatoms. The maximum Gasteiger partial charge on any atom is 0.0366 e. The minimum atomic E-state index is 0.177. The third-order valence-corrected chi connectivity index (χ3v) is 4.85. The van der Waals surface area contributed by atoms with Crippen molar-refractivity contribution in [3.05, 3.63) is 29.8 Å². The molecule has 0 amide bonds. The lowest BCUT2D eigenvalue weighted by atomic mass is 9.75. The number of benzene rings is 1. The van der Waals surface area contributed by atoms with Crippen LogP contribution >= 0.6 is 0 Å². The lowest BCUT2D eigenvalue weighted by Crippen LogP contribution is -2.38. The highest BCUT2D eigenvalue weighted by Crippen LogP contribution is 2.35. The van der Waals surface area contributed by atoms with Crippen LogP contribution in [-0.4, -0.2) is 13.1 Å². The van der Waals surface area contributed by atoms with Gasteiger partial charge in [-0.1, -0.05) is 39.8 Å². The van der Waals surface area contributed by atoms with Gasteiger partial charge in [-0.05, 0) is 48.3 Å². The Kier molecular flexibility index (Phi) is 4.74. The lowest BCUT2D eigenvalue weighted by molar-refractivity contribution is 0.199. The van der Waals surface area contributed by atoms with Gasteiger partial charge in [0.15, 0.2) is 0 Å². The van der Waals surface area contributed by atoms with Crippen molar-refractivity contribution in [2.24, 2.45) is 17.1 Å². The Balaban J connectivity index is 1.97. The highest BCUT2D eigenvalue weighted by molar-refractivity contribution is 5.48. The van der Waals surface area contributed by atoms with Crippen LogP contribution in [0.3, 0.4) is 0 Å². The van der Waals surface area contributed by atoms with E-state index >= 15 is 0 Å². The number of rotatable bonds is 3. The third-order valence-electron chi connectivity index (χ3n) is 4.85. The monoisotopic (exact) mass is 274 g/mol. The van der Waals surface area contributed by atoms with Crippen LogP contribution in [0.4, 0.5) is 5.69 Å². The van der Waals surface area contributed by atoms with E-state index in [1.807, 2.05) is 0 Å². The lowest BCUT2D eigenvalue weighted by Gasteiger charge is -2.39. The molecule has 1 fully saturated rings. The molecule has 1 aliphatic heterocycles. The second-order valence-electron chi connectivity index (χ2n) is 7.23. The first kappa shape index (κ1) is 15.4. The molecule has 0 radical (unpaired) electrons. The maximum atomic E-state index is 6.08. The van der Waals surface area contributed by atoms with Crippen molar-refractivity contribution >= 4 is 5.69 Å². The predicted octanol–water partition coefficient (Wildman–Crippen LogP) is 4.36. The van der Waals surface area contributed by atoms with Crippen LogP contribution in [0.25, 0.3) is 0 Å². The molecule has 0 bridgehead atoms. The van der Waals surface area contributed by atoms with Gasteiger partial charge in [-0.15, -0.1) is 0 Å². The molecule has 1 saturated heterocycles. The summed E-state index contributed by atoms with van der Waals surface area (Å²) in [5.74, 6) is 0.853. The number of piperidine rings is 1. The number of anilines is 1. The van der Waals surface area contributed by atoms with Gasteiger partial charge in [0.1, 0.15) is 0 Å². The molecule has 2 nitrogen and oxygen atoms in total. The summed E-state index contributed by atoms with van der Waals surface area (Å²) in [6.45, 7) is 11.6. The van der Waals surface area contributed by atoms with Crippen LogP contribution in [0.5, 0.6) is 0 Å². The molecule has 0 unspecified atom stereocenters. The molecule has 0 aromatic heterocycles. The molecule has 1 aromatic carbocycles. The van der Waals surface area contributed by atoms with Crippen molar-refractivity contribution in [2.45, 2.75) is 53.0 Å². The van der Waals surface area contributed by atoms with Crippen LogP contribution < -0.4 is 10.6 Å². The molecule has 2 N–H and O–H groups in total. The van der Waals surface area contributed by atoms with E-state index in [4.69, 9.17) is 5.73 Å². The van der Waals surface area contributed by atoms with E-state index in [-0.39, 0.29) is 6.04 Å². The summed E-state index contributed by atoms with van der Waals surface area (Å²) in [5.41, 5.74) is 9.13. The molecule has 0 saturated carbocycles. The minimum Gasteiger partial charge on any atom is -0.372 e. The van der Waals surface area contributed by atoms with E-state index in [1.165, 1.54) is 37.2 Å². The summed E-state index contributed by atoms with van der Waals surface area (Å²) in [6.07, 6.45) is 3.61. The molecular weight excluding hydrogens is 244 g/mol. The van der Waals surface area contributed by atoms with Gasteiger partial charge in [-0.2, -0.15) is 0 Å². The summed E-state index contributed by atoms with van der Waals surface area (Å²) in [6, 6.07) is 9.04. The first-order chi connectivity index (χ1) is 9.41. The van der Waals surface area contributed by atoms with Crippen molar-refractivity contribution in [3.8, 4) is 0 Å². The highest BCUT2D eigenvalue weighted by Gasteiger charge is 2.28. The summed E-state index contributed by atoms with van der Waals surface area (Å²) in [4.78, 5) is 2.52. The molecule has 1 heterocycles. The normalized spacial score (nSPS) is 19.1. The summed E-state index contributed by atoms with van der Waals surface area (Å²) in [7, 11) is 0. The molecule has 112 valence electrons. The van der Waals surface area contributed by atoms with E-state index in [1.54, 1.807) is 0 Å². The molecule has 20 heavy (non-hydrogen) atoms. The van der Waals surface area contributed by atoms with Crippen molar-refractivity contribution < 1.29 is 0 Å². The molecular formula is C18H30N2. The Morgan fingerprint density at radius 3 is 2.15 bits per heavy atom. The smallest absolute Gasteiger partial charge is 0.0366 e. The average Bonchev–Trinajstić information content (AvgIpc) is 2.46. The van der Waals surface area contributed by atoms with Gasteiger partial charge in [0.05, 0.1) is 0 Å². The van der Waals surface area contributed by atoms with E-state index in [0.717, 1.165) is 12.3 Å². The van der Waals surface area contributed by atoms with Gasteiger partial charge in [0, 0.05) is 24.8 Å². The first-order valence-electron chi connectivity index (χ1n) is 8.02. The second-order valence-corrected chi connectivity index (χ2v) is 7.23. The maximum absolute atomic E-state index is 6.08. The fraction of sp³-hybridized carbons (Fsp3) is 0.667. The average molecular weight is 274 g/mol. The van der Waals surface area contributed by atoms with Gasteiger partial charge in [-0.3, -0.25) is 0 Å². The van der Waals surface area contributed by atoms with E-state index in [9.17, 15) is 0 Å². The largest absolute Gasteiger partial charge is 0.372 e. The highest BCUT2D eigenvalue weighted by atomic mass is 15.1. The van der Waals surface area contributed by atoms with Crippen molar-refractivity contribution in [3.63, 3.8) is 0 Å². The quantitative estimate of drug-likeness (QED) is 0.887. The molecule has 1 aliphatic rings. The zero-order valence-corrected chi connectivity index (χ0v) is 13.5. The second kappa shape index (κ2) is 6.17. The van der Waals surface area contributed by atoms with E-state index < -0.39 is 0 Å². The van der Waals surface area contributed by atoms with E-state index in [2.05, 4.69) is 56.9 Å². The van der Waals surface area contributed by atoms with Gasteiger partial charge in [0.25, 0.3) is 0 Å². The zero-order valence-electron chi connectivity index (χ0n) is 13.5. The van der Waals surface area contributed by atoms with Gasteiger partial charge in [0.2, 0.25) is 0 Å². The van der Waals surface area contributed by atoms with Crippen LogP contribution in [0.1, 0.15) is 58.6 Å². The zero-order chi connectivity index (χ0) is 14.8. The fourth-order valence-corrected chi connectivity index (χ4v) is 3.17. The Hall–Kier alpha value is -1.02. The first-order valence-corrected chi connectivity index (χ1v) is 8.02. The number of hydrogen-bond donors (Lipinski definition) is 1. The van der Waals surface area contributed by atoms with Crippen molar-refractivity contribution in [1.82, 2.24) is 0 Å². The molecule has 1 atom stereocenters. The molecule has 0 aliphatic carbocycles. The third kappa shape index (κ3) is 3.54. The van der Waals surface area contributed by atoms with Gasteiger partial charge >= 0.3 is 0 Å². The SMILES string of the molecule is CC[C@@H](N)c1ccc(N2CCC(C(C)(C)C)CC2)cc1. The number of hydrogen-bond acceptors (Lipinski definition) is 2. The molecule has 2 rings (SSSR count). The van der Waals surface area contributed by atoms with Crippen LogP contribution in [0.15, 0.2) is 24.3 Å². The Labute approximate surface area is 124 Å². The van der Waals surface area contributed by atoms with Crippen molar-refractivity contribution in [1.29, 1.82) is 0 Å². The molecule has 1 aromatic rings. The Morgan fingerprint density at radius 1 is 1.15 bits per heavy atom. The molecule has 0 spiro atoms. The van der Waals surface area contributed by atoms with Gasteiger partial charge < -0.3 is 10.6 Å². The minimum absolute atomic E-state index is 0.177. The summed E-state index contributed by atoms with van der Waals surface area (Å²) >= 11 is 0.